The molecule has 0 aliphatic carbocycles. The lowest BCUT2D eigenvalue weighted by Crippen LogP contribution is -2.50. The molecule has 8 nitrogen and oxygen atoms in total. The highest BCUT2D eigenvalue weighted by Crippen LogP contribution is 2.34. The molecule has 9 heteroatoms. The van der Waals surface area contributed by atoms with Crippen LogP contribution in [0.3, 0.4) is 0 Å². The largest absolute Gasteiger partial charge is 0.480 e. The number of carbonyl (C=O) groups is 1. The minimum Gasteiger partial charge on any atom is -0.480 e. The standard InChI is InChI=1S/C11H12BrN3O5/c1-6-7(15(18)19)4-13-10(9(6)12)14-2-3-20-5-8(14)11(16)17/h4,8H,2-3,5H2,1H3,(H,16,17). The molecule has 0 bridgehead atoms. The number of hydrogen-bond acceptors (Lipinski definition) is 6. The van der Waals surface area contributed by atoms with Gasteiger partial charge in [0.05, 0.1) is 22.6 Å². The molecule has 0 radical (unpaired) electrons. The van der Waals surface area contributed by atoms with Gasteiger partial charge in [0.2, 0.25) is 0 Å². The fourth-order valence-electron chi connectivity index (χ4n) is 2.00. The average Bonchev–Trinajstić information content (AvgIpc) is 2.41. The number of anilines is 1. The Hall–Kier alpha value is -1.74. The lowest BCUT2D eigenvalue weighted by molar-refractivity contribution is -0.385. The minimum atomic E-state index is -1.02. The first kappa shape index (κ1) is 14.7. The summed E-state index contributed by atoms with van der Waals surface area (Å²) in [5, 5.41) is 20.1. The van der Waals surface area contributed by atoms with Crippen molar-refractivity contribution < 1.29 is 19.6 Å². The Morgan fingerprint density at radius 2 is 2.40 bits per heavy atom. The molecular weight excluding hydrogens is 334 g/mol. The third kappa shape index (κ3) is 2.59. The molecule has 1 unspecified atom stereocenters. The number of carboxylic acids is 1. The number of hydrogen-bond donors (Lipinski definition) is 1. The van der Waals surface area contributed by atoms with Gasteiger partial charge in [-0.25, -0.2) is 9.78 Å². The van der Waals surface area contributed by atoms with Gasteiger partial charge in [-0.15, -0.1) is 0 Å². The summed E-state index contributed by atoms with van der Waals surface area (Å²) in [5.74, 6) is -0.641. The Bertz CT molecular complexity index is 565. The molecule has 20 heavy (non-hydrogen) atoms. The van der Waals surface area contributed by atoms with E-state index in [2.05, 4.69) is 20.9 Å². The molecule has 0 amide bonds. The number of aliphatic carboxylic acids is 1. The van der Waals surface area contributed by atoms with Gasteiger partial charge in [-0.05, 0) is 22.9 Å². The Morgan fingerprint density at radius 1 is 1.70 bits per heavy atom. The van der Waals surface area contributed by atoms with Crippen molar-refractivity contribution in [3.05, 3.63) is 26.3 Å². The number of morpholine rings is 1. The zero-order valence-corrected chi connectivity index (χ0v) is 12.2. The van der Waals surface area contributed by atoms with Crippen molar-refractivity contribution >= 4 is 33.4 Å². The molecule has 2 rings (SSSR count). The lowest BCUT2D eigenvalue weighted by Gasteiger charge is -2.34. The first-order chi connectivity index (χ1) is 9.43. The Morgan fingerprint density at radius 3 is 3.00 bits per heavy atom. The Balaban J connectivity index is 2.44. The normalized spacial score (nSPS) is 18.9. The van der Waals surface area contributed by atoms with Gasteiger partial charge >= 0.3 is 5.97 Å². The molecular formula is C11H12BrN3O5. The van der Waals surface area contributed by atoms with Crippen molar-refractivity contribution in [2.75, 3.05) is 24.7 Å². The topological polar surface area (TPSA) is 106 Å². The molecule has 0 spiro atoms. The molecule has 1 saturated heterocycles. The van der Waals surface area contributed by atoms with Crippen LogP contribution in [0.5, 0.6) is 0 Å². The maximum Gasteiger partial charge on any atom is 0.328 e. The van der Waals surface area contributed by atoms with Crippen LogP contribution in [-0.2, 0) is 9.53 Å². The van der Waals surface area contributed by atoms with Crippen molar-refractivity contribution in [2.45, 2.75) is 13.0 Å². The number of rotatable bonds is 3. The molecule has 0 aromatic carbocycles. The molecule has 1 aromatic heterocycles. The molecule has 0 saturated carbocycles. The second-order valence-electron chi connectivity index (χ2n) is 4.29. The highest BCUT2D eigenvalue weighted by atomic mass is 79.9. The van der Waals surface area contributed by atoms with Crippen LogP contribution in [0.25, 0.3) is 0 Å². The lowest BCUT2D eigenvalue weighted by atomic mass is 10.2. The smallest absolute Gasteiger partial charge is 0.328 e. The summed E-state index contributed by atoms with van der Waals surface area (Å²) in [6, 6.07) is -0.853. The van der Waals surface area contributed by atoms with Crippen LogP contribution in [0.15, 0.2) is 10.7 Å². The second kappa shape index (κ2) is 5.71. The van der Waals surface area contributed by atoms with E-state index in [0.29, 0.717) is 29.0 Å². The number of aromatic nitrogens is 1. The predicted octanol–water partition coefficient (Wildman–Crippen LogP) is 1.35. The van der Waals surface area contributed by atoms with Gasteiger partial charge < -0.3 is 14.7 Å². The van der Waals surface area contributed by atoms with Crippen molar-refractivity contribution in [1.82, 2.24) is 4.98 Å². The summed E-state index contributed by atoms with van der Waals surface area (Å²) in [6.07, 6.45) is 1.14. The molecule has 1 aliphatic heterocycles. The number of carboxylic acid groups (broad SMARTS) is 1. The van der Waals surface area contributed by atoms with Gasteiger partial charge in [-0.1, -0.05) is 0 Å². The quantitative estimate of drug-likeness (QED) is 0.650. The minimum absolute atomic E-state index is 0.0550. The zero-order chi connectivity index (χ0) is 14.9. The summed E-state index contributed by atoms with van der Waals surface area (Å²) in [7, 11) is 0. The van der Waals surface area contributed by atoms with Crippen LogP contribution in [0, 0.1) is 17.0 Å². The van der Waals surface area contributed by atoms with Crippen LogP contribution in [0.4, 0.5) is 11.5 Å². The van der Waals surface area contributed by atoms with Crippen LogP contribution in [0.1, 0.15) is 5.56 Å². The maximum absolute atomic E-state index is 11.2. The van der Waals surface area contributed by atoms with Crippen LogP contribution < -0.4 is 4.90 Å². The highest BCUT2D eigenvalue weighted by molar-refractivity contribution is 9.10. The molecule has 1 N–H and O–H groups in total. The number of nitrogens with zero attached hydrogens (tertiary/aromatic N) is 3. The fraction of sp³-hybridized carbons (Fsp3) is 0.455. The fourth-order valence-corrected chi connectivity index (χ4v) is 2.54. The van der Waals surface area contributed by atoms with E-state index in [0.717, 1.165) is 6.20 Å². The van der Waals surface area contributed by atoms with Gasteiger partial charge in [-0.2, -0.15) is 0 Å². The second-order valence-corrected chi connectivity index (χ2v) is 5.08. The summed E-state index contributed by atoms with van der Waals surface area (Å²) in [5.41, 5.74) is 0.302. The molecule has 108 valence electrons. The Kier molecular flexibility index (Phi) is 4.19. The monoisotopic (exact) mass is 345 g/mol. The number of halogens is 1. The number of nitro groups is 1. The molecule has 1 atom stereocenters. The Labute approximate surface area is 122 Å². The van der Waals surface area contributed by atoms with Gasteiger partial charge in [0.25, 0.3) is 5.69 Å². The van der Waals surface area contributed by atoms with E-state index in [1.165, 1.54) is 0 Å². The average molecular weight is 346 g/mol. The van der Waals surface area contributed by atoms with Crippen molar-refractivity contribution in [2.24, 2.45) is 0 Å². The van der Waals surface area contributed by atoms with Crippen LogP contribution in [-0.4, -0.2) is 46.8 Å². The van der Waals surface area contributed by atoms with Crippen molar-refractivity contribution in [1.29, 1.82) is 0 Å². The van der Waals surface area contributed by atoms with Gasteiger partial charge in [0.1, 0.15) is 12.0 Å². The van der Waals surface area contributed by atoms with E-state index in [1.807, 2.05) is 0 Å². The van der Waals surface area contributed by atoms with Gasteiger partial charge in [0, 0.05) is 12.1 Å². The van der Waals surface area contributed by atoms with Gasteiger partial charge in [-0.3, -0.25) is 10.1 Å². The van der Waals surface area contributed by atoms with E-state index in [-0.39, 0.29) is 12.3 Å². The number of pyridine rings is 1. The molecule has 1 aliphatic rings. The highest BCUT2D eigenvalue weighted by Gasteiger charge is 2.32. The molecule has 1 fully saturated rings. The maximum atomic E-state index is 11.2. The van der Waals surface area contributed by atoms with E-state index >= 15 is 0 Å². The predicted molar refractivity (Wildman–Crippen MR) is 72.9 cm³/mol. The molecule has 1 aromatic rings. The van der Waals surface area contributed by atoms with Crippen molar-refractivity contribution in [3.8, 4) is 0 Å². The first-order valence-corrected chi connectivity index (χ1v) is 6.59. The van der Waals surface area contributed by atoms with E-state index in [4.69, 9.17) is 4.74 Å². The van der Waals surface area contributed by atoms with Crippen LogP contribution >= 0.6 is 15.9 Å². The van der Waals surface area contributed by atoms with Crippen molar-refractivity contribution in [3.63, 3.8) is 0 Å². The molecule has 2 heterocycles. The number of ether oxygens (including phenoxy) is 1. The SMILES string of the molecule is Cc1c([N+](=O)[O-])cnc(N2CCOCC2C(=O)O)c1Br. The third-order valence-electron chi connectivity index (χ3n) is 3.10. The summed E-state index contributed by atoms with van der Waals surface area (Å²) >= 11 is 3.27. The van der Waals surface area contributed by atoms with E-state index in [9.17, 15) is 20.0 Å². The van der Waals surface area contributed by atoms with Gasteiger partial charge in [0.15, 0.2) is 6.04 Å². The first-order valence-electron chi connectivity index (χ1n) is 5.80. The summed E-state index contributed by atoms with van der Waals surface area (Å²) in [6.45, 7) is 2.39. The zero-order valence-electron chi connectivity index (χ0n) is 10.6. The summed E-state index contributed by atoms with van der Waals surface area (Å²) < 4.78 is 5.58. The third-order valence-corrected chi connectivity index (χ3v) is 4.05. The summed E-state index contributed by atoms with van der Waals surface area (Å²) in [4.78, 5) is 27.2. The van der Waals surface area contributed by atoms with E-state index in [1.54, 1.807) is 11.8 Å². The van der Waals surface area contributed by atoms with E-state index < -0.39 is 16.9 Å². The van der Waals surface area contributed by atoms with Crippen LogP contribution in [0.2, 0.25) is 0 Å².